The van der Waals surface area contributed by atoms with Crippen LogP contribution in [0.3, 0.4) is 0 Å². The van der Waals surface area contributed by atoms with Crippen LogP contribution in [0.4, 0.5) is 0 Å². The van der Waals surface area contributed by atoms with Gasteiger partial charge >= 0.3 is 0 Å². The second-order valence-corrected chi connectivity index (χ2v) is 11.7. The van der Waals surface area contributed by atoms with Gasteiger partial charge in [-0.2, -0.15) is 0 Å². The summed E-state index contributed by atoms with van der Waals surface area (Å²) in [4.78, 5) is 67.5. The summed E-state index contributed by atoms with van der Waals surface area (Å²) in [5, 5.41) is 18.0. The number of hydrogen-bond acceptors (Lipinski definition) is 7. The molecule has 2 aromatic rings. The highest BCUT2D eigenvalue weighted by atomic mass is 16.5. The molecule has 43 heavy (non-hydrogen) atoms. The van der Waals surface area contributed by atoms with Crippen LogP contribution >= 0.6 is 0 Å². The summed E-state index contributed by atoms with van der Waals surface area (Å²) in [5.41, 5.74) is 14.3. The number of rotatable bonds is 18. The van der Waals surface area contributed by atoms with Crippen molar-refractivity contribution < 1.29 is 29.2 Å². The zero-order valence-corrected chi connectivity index (χ0v) is 25.4. The first-order valence-electron chi connectivity index (χ1n) is 14.8. The highest BCUT2D eigenvalue weighted by Gasteiger charge is 2.33. The molecule has 0 bridgehead atoms. The van der Waals surface area contributed by atoms with Gasteiger partial charge < -0.3 is 32.4 Å². The van der Waals surface area contributed by atoms with Crippen LogP contribution in [0.15, 0.2) is 30.5 Å². The maximum Gasteiger partial charge on any atom is 0.244 e. The molecular weight excluding hydrogens is 554 g/mol. The van der Waals surface area contributed by atoms with Crippen molar-refractivity contribution in [3.8, 4) is 0 Å². The molecule has 5 amide bonds. The summed E-state index contributed by atoms with van der Waals surface area (Å²) in [6.45, 7) is 7.72. The fourth-order valence-corrected chi connectivity index (χ4v) is 4.97. The third kappa shape index (κ3) is 11.0. The Morgan fingerprint density at radius 3 is 2.19 bits per heavy atom. The lowest BCUT2D eigenvalue weighted by Crippen LogP contribution is -2.58. The minimum Gasteiger partial charge on any atom is -0.368 e. The van der Waals surface area contributed by atoms with Crippen molar-refractivity contribution in [2.45, 2.75) is 84.3 Å². The zero-order valence-electron chi connectivity index (χ0n) is 25.4. The second-order valence-electron chi connectivity index (χ2n) is 11.7. The van der Waals surface area contributed by atoms with Gasteiger partial charge in [0, 0.05) is 35.9 Å². The van der Waals surface area contributed by atoms with Crippen molar-refractivity contribution >= 4 is 40.4 Å². The number of unbranched alkanes of at least 4 members (excludes halogenated alkanes) is 1. The third-order valence-electron chi connectivity index (χ3n) is 7.27. The Bertz CT molecular complexity index is 1240. The van der Waals surface area contributed by atoms with E-state index in [1.807, 2.05) is 38.1 Å². The first-order valence-corrected chi connectivity index (χ1v) is 14.8. The first kappa shape index (κ1) is 35.2. The SMILES string of the molecule is CC(C)C[C@H](CC(=O)NO)C(=O)N[C@H](C(=O)N[C@@H](Cc1c[nH]c2ccccc12)C(=O)N[C@@H](CCCCN)C(N)=O)C(C)C. The molecule has 10 N–H and O–H groups in total. The molecule has 13 nitrogen and oxygen atoms in total. The average molecular weight is 602 g/mol. The molecule has 0 aliphatic rings. The second kappa shape index (κ2) is 17.2. The Morgan fingerprint density at radius 1 is 0.907 bits per heavy atom. The number of fused-ring (bicyclic) bond motifs is 1. The molecule has 0 unspecified atom stereocenters. The van der Waals surface area contributed by atoms with E-state index in [4.69, 9.17) is 16.7 Å². The lowest BCUT2D eigenvalue weighted by Gasteiger charge is -2.28. The van der Waals surface area contributed by atoms with Gasteiger partial charge in [-0.05, 0) is 55.7 Å². The van der Waals surface area contributed by atoms with E-state index < -0.39 is 53.6 Å². The standard InChI is InChI=1S/C30H47N7O6/c1-17(2)13-19(15-25(38)37-43)28(40)36-26(18(3)4)30(42)35-24(14-20-16-33-22-10-6-5-9-21(20)22)29(41)34-23(27(32)39)11-7-8-12-31/h5-6,9-10,16-19,23-24,26,33,43H,7-8,11-15,31H2,1-4H3,(H2,32,39)(H,34,41)(H,35,42)(H,36,40)(H,37,38)/t19-,23+,24+,26+/m1/s1. The van der Waals surface area contributed by atoms with Crippen molar-refractivity contribution in [3.05, 3.63) is 36.0 Å². The quantitative estimate of drug-likeness (QED) is 0.0702. The van der Waals surface area contributed by atoms with Crippen LogP contribution in [0.5, 0.6) is 0 Å². The monoisotopic (exact) mass is 601 g/mol. The molecule has 0 radical (unpaired) electrons. The number of aromatic amines is 1. The lowest BCUT2D eigenvalue weighted by atomic mass is 9.92. The van der Waals surface area contributed by atoms with E-state index in [9.17, 15) is 24.0 Å². The smallest absolute Gasteiger partial charge is 0.244 e. The number of hydroxylamine groups is 1. The maximum absolute atomic E-state index is 13.6. The highest BCUT2D eigenvalue weighted by Crippen LogP contribution is 2.20. The fourth-order valence-electron chi connectivity index (χ4n) is 4.97. The van der Waals surface area contributed by atoms with E-state index in [2.05, 4.69) is 20.9 Å². The van der Waals surface area contributed by atoms with Gasteiger partial charge in [-0.25, -0.2) is 5.48 Å². The molecule has 1 aromatic heterocycles. The van der Waals surface area contributed by atoms with Crippen molar-refractivity contribution in [3.63, 3.8) is 0 Å². The summed E-state index contributed by atoms with van der Waals surface area (Å²) in [5.74, 6) is -4.20. The average Bonchev–Trinajstić information content (AvgIpc) is 3.36. The fraction of sp³-hybridized carbons (Fsp3) is 0.567. The van der Waals surface area contributed by atoms with Crippen molar-refractivity contribution in [1.29, 1.82) is 0 Å². The van der Waals surface area contributed by atoms with Crippen LogP contribution < -0.4 is 32.9 Å². The molecule has 13 heteroatoms. The molecule has 2 rings (SSSR count). The topological polar surface area (TPSA) is 222 Å². The van der Waals surface area contributed by atoms with Gasteiger partial charge in [0.15, 0.2) is 0 Å². The summed E-state index contributed by atoms with van der Waals surface area (Å²) < 4.78 is 0. The largest absolute Gasteiger partial charge is 0.368 e. The third-order valence-corrected chi connectivity index (χ3v) is 7.27. The molecule has 0 saturated carbocycles. The van der Waals surface area contributed by atoms with E-state index in [-0.39, 0.29) is 24.7 Å². The molecule has 0 spiro atoms. The number of hydrogen-bond donors (Lipinski definition) is 8. The number of aromatic nitrogens is 1. The lowest BCUT2D eigenvalue weighted by molar-refractivity contribution is -0.137. The van der Waals surface area contributed by atoms with E-state index in [1.54, 1.807) is 25.5 Å². The molecule has 238 valence electrons. The predicted octanol–water partition coefficient (Wildman–Crippen LogP) is 0.993. The van der Waals surface area contributed by atoms with Gasteiger partial charge in [0.25, 0.3) is 0 Å². The minimum atomic E-state index is -1.10. The van der Waals surface area contributed by atoms with E-state index >= 15 is 0 Å². The molecule has 1 aromatic carbocycles. The maximum atomic E-state index is 13.6. The van der Waals surface area contributed by atoms with Gasteiger partial charge in [0.05, 0.1) is 0 Å². The number of carbonyl (C=O) groups is 5. The number of H-pyrrole nitrogens is 1. The summed E-state index contributed by atoms with van der Waals surface area (Å²) >= 11 is 0. The van der Waals surface area contributed by atoms with Crippen LogP contribution in [-0.4, -0.2) is 64.4 Å². The minimum absolute atomic E-state index is 0.0703. The summed E-state index contributed by atoms with van der Waals surface area (Å²) in [6, 6.07) is 4.44. The van der Waals surface area contributed by atoms with Gasteiger partial charge in [-0.3, -0.25) is 29.2 Å². The van der Waals surface area contributed by atoms with Crippen molar-refractivity contribution in [2.24, 2.45) is 29.2 Å². The van der Waals surface area contributed by atoms with Gasteiger partial charge in [0.1, 0.15) is 18.1 Å². The number of amides is 5. The van der Waals surface area contributed by atoms with Crippen LogP contribution in [0, 0.1) is 17.8 Å². The van der Waals surface area contributed by atoms with Gasteiger partial charge in [-0.15, -0.1) is 0 Å². The van der Waals surface area contributed by atoms with E-state index in [1.165, 1.54) is 0 Å². The summed E-state index contributed by atoms with van der Waals surface area (Å²) in [6.07, 6.45) is 3.50. The molecule has 0 aliphatic heterocycles. The number of nitrogens with one attached hydrogen (secondary N) is 5. The number of nitrogens with two attached hydrogens (primary N) is 2. The Hall–Kier alpha value is -3.97. The predicted molar refractivity (Wildman–Crippen MR) is 162 cm³/mol. The zero-order chi connectivity index (χ0) is 32.1. The normalized spacial score (nSPS) is 14.1. The molecule has 4 atom stereocenters. The Labute approximate surface area is 252 Å². The molecule has 1 heterocycles. The summed E-state index contributed by atoms with van der Waals surface area (Å²) in [7, 11) is 0. The van der Waals surface area contributed by atoms with Crippen LogP contribution in [-0.2, 0) is 30.4 Å². The Balaban J connectivity index is 2.32. The number of primary amides is 1. The van der Waals surface area contributed by atoms with Crippen LogP contribution in [0.1, 0.15) is 65.4 Å². The number of para-hydroxylation sites is 1. The highest BCUT2D eigenvalue weighted by molar-refractivity contribution is 5.95. The first-order chi connectivity index (χ1) is 20.4. The molecule has 0 aliphatic carbocycles. The van der Waals surface area contributed by atoms with Crippen molar-refractivity contribution in [2.75, 3.05) is 6.54 Å². The number of carbonyl (C=O) groups excluding carboxylic acids is 5. The van der Waals surface area contributed by atoms with Gasteiger partial charge in [0.2, 0.25) is 29.5 Å². The Morgan fingerprint density at radius 2 is 1.58 bits per heavy atom. The molecular formula is C30H47N7O6. The van der Waals surface area contributed by atoms with Gasteiger partial charge in [-0.1, -0.05) is 45.9 Å². The van der Waals surface area contributed by atoms with E-state index in [0.29, 0.717) is 32.2 Å². The van der Waals surface area contributed by atoms with Crippen molar-refractivity contribution in [1.82, 2.24) is 26.4 Å². The Kier molecular flexibility index (Phi) is 14.1. The molecule has 0 saturated heterocycles. The van der Waals surface area contributed by atoms with E-state index in [0.717, 1.165) is 16.5 Å². The van der Waals surface area contributed by atoms with Crippen LogP contribution in [0.2, 0.25) is 0 Å². The van der Waals surface area contributed by atoms with Crippen LogP contribution in [0.25, 0.3) is 10.9 Å². The number of benzene rings is 1. The molecule has 0 fully saturated rings.